The van der Waals surface area contributed by atoms with E-state index in [4.69, 9.17) is 0 Å². The van der Waals surface area contributed by atoms with Crippen LogP contribution in [0.5, 0.6) is 0 Å². The SMILES string of the molecule is CCC1(C)CNC(CC(C)C)CN1CC(F)(F)F. The van der Waals surface area contributed by atoms with E-state index in [1.165, 1.54) is 0 Å². The number of alkyl halides is 3. The van der Waals surface area contributed by atoms with Crippen LogP contribution in [0.15, 0.2) is 0 Å². The van der Waals surface area contributed by atoms with Crippen molar-refractivity contribution >= 4 is 0 Å². The highest BCUT2D eigenvalue weighted by atomic mass is 19.4. The molecule has 0 aromatic carbocycles. The predicted octanol–water partition coefficient (Wildman–Crippen LogP) is 3.04. The summed E-state index contributed by atoms with van der Waals surface area (Å²) in [5.74, 6) is 0.501. The lowest BCUT2D eigenvalue weighted by atomic mass is 9.90. The van der Waals surface area contributed by atoms with Gasteiger partial charge in [-0.1, -0.05) is 20.8 Å². The molecule has 0 bridgehead atoms. The summed E-state index contributed by atoms with van der Waals surface area (Å²) < 4.78 is 37.9. The van der Waals surface area contributed by atoms with Gasteiger partial charge in [0.2, 0.25) is 0 Å². The van der Waals surface area contributed by atoms with Gasteiger partial charge in [-0.25, -0.2) is 0 Å². The molecule has 0 radical (unpaired) electrons. The molecule has 2 atom stereocenters. The molecule has 0 amide bonds. The average molecular weight is 266 g/mol. The first-order valence-electron chi connectivity index (χ1n) is 6.71. The molecule has 2 nitrogen and oxygen atoms in total. The molecule has 1 rings (SSSR count). The molecule has 0 aliphatic carbocycles. The zero-order valence-electron chi connectivity index (χ0n) is 11.8. The van der Waals surface area contributed by atoms with Crippen molar-refractivity contribution in [1.82, 2.24) is 10.2 Å². The van der Waals surface area contributed by atoms with E-state index in [-0.39, 0.29) is 11.6 Å². The Bertz CT molecular complexity index is 265. The Morgan fingerprint density at radius 1 is 1.39 bits per heavy atom. The summed E-state index contributed by atoms with van der Waals surface area (Å²) in [6.45, 7) is 8.39. The van der Waals surface area contributed by atoms with Gasteiger partial charge in [-0.3, -0.25) is 4.90 Å². The van der Waals surface area contributed by atoms with E-state index in [0.29, 0.717) is 19.0 Å². The minimum atomic E-state index is -4.11. The maximum Gasteiger partial charge on any atom is 0.401 e. The molecule has 5 heteroatoms. The van der Waals surface area contributed by atoms with Gasteiger partial charge in [0, 0.05) is 24.7 Å². The first-order valence-corrected chi connectivity index (χ1v) is 6.71. The molecule has 0 aromatic heterocycles. The first-order chi connectivity index (χ1) is 8.16. The molecule has 1 fully saturated rings. The highest BCUT2D eigenvalue weighted by Crippen LogP contribution is 2.28. The van der Waals surface area contributed by atoms with Gasteiger partial charge in [-0.2, -0.15) is 13.2 Å². The van der Waals surface area contributed by atoms with Crippen LogP contribution >= 0.6 is 0 Å². The number of hydrogen-bond donors (Lipinski definition) is 1. The van der Waals surface area contributed by atoms with Crippen molar-refractivity contribution in [3.8, 4) is 0 Å². The summed E-state index contributed by atoms with van der Waals surface area (Å²) in [5.41, 5.74) is -0.386. The summed E-state index contributed by atoms with van der Waals surface area (Å²) in [5, 5.41) is 3.40. The van der Waals surface area contributed by atoms with Crippen molar-refractivity contribution < 1.29 is 13.2 Å². The fraction of sp³-hybridized carbons (Fsp3) is 1.00. The number of piperazine rings is 1. The van der Waals surface area contributed by atoms with Crippen molar-refractivity contribution in [2.24, 2.45) is 5.92 Å². The minimum Gasteiger partial charge on any atom is -0.311 e. The molecule has 0 saturated carbocycles. The van der Waals surface area contributed by atoms with Gasteiger partial charge in [0.1, 0.15) is 0 Å². The summed E-state index contributed by atoms with van der Waals surface area (Å²) >= 11 is 0. The lowest BCUT2D eigenvalue weighted by molar-refractivity contribution is -0.163. The van der Waals surface area contributed by atoms with Crippen molar-refractivity contribution in [3.63, 3.8) is 0 Å². The molecule has 0 spiro atoms. The second-order valence-corrected chi connectivity index (χ2v) is 6.05. The zero-order valence-corrected chi connectivity index (χ0v) is 11.8. The van der Waals surface area contributed by atoms with Crippen LogP contribution in [0.1, 0.15) is 40.5 Å². The smallest absolute Gasteiger partial charge is 0.311 e. The normalized spacial score (nSPS) is 31.0. The van der Waals surface area contributed by atoms with Crippen LogP contribution < -0.4 is 5.32 Å². The van der Waals surface area contributed by atoms with Crippen LogP contribution in [-0.2, 0) is 0 Å². The topological polar surface area (TPSA) is 15.3 Å². The third-order valence-electron chi connectivity index (χ3n) is 3.86. The molecule has 0 aromatic rings. The van der Waals surface area contributed by atoms with Gasteiger partial charge in [-0.15, -0.1) is 0 Å². The van der Waals surface area contributed by atoms with Gasteiger partial charge in [0.05, 0.1) is 6.54 Å². The molecule has 1 saturated heterocycles. The summed E-state index contributed by atoms with van der Waals surface area (Å²) in [6.07, 6.45) is -2.46. The molecule has 2 unspecified atom stereocenters. The van der Waals surface area contributed by atoms with Gasteiger partial charge in [-0.05, 0) is 25.7 Å². The van der Waals surface area contributed by atoms with Crippen molar-refractivity contribution in [2.75, 3.05) is 19.6 Å². The standard InChI is InChI=1S/C13H25F3N2/c1-5-12(4)8-17-11(6-10(2)3)7-18(12)9-13(14,15)16/h10-11,17H,5-9H2,1-4H3. The molecule has 1 heterocycles. The Kier molecular flexibility index (Phi) is 5.06. The highest BCUT2D eigenvalue weighted by Gasteiger charge is 2.42. The van der Waals surface area contributed by atoms with Crippen LogP contribution in [0.2, 0.25) is 0 Å². The van der Waals surface area contributed by atoms with Crippen molar-refractivity contribution in [3.05, 3.63) is 0 Å². The van der Waals surface area contributed by atoms with Crippen LogP contribution in [0.4, 0.5) is 13.2 Å². The summed E-state index contributed by atoms with van der Waals surface area (Å²) in [6, 6.07) is 0.173. The predicted molar refractivity (Wildman–Crippen MR) is 67.6 cm³/mol. The molecule has 1 aliphatic rings. The van der Waals surface area contributed by atoms with Gasteiger partial charge in [0.25, 0.3) is 0 Å². The van der Waals surface area contributed by atoms with Crippen molar-refractivity contribution in [1.29, 1.82) is 0 Å². The Morgan fingerprint density at radius 3 is 2.44 bits per heavy atom. The summed E-state index contributed by atoms with van der Waals surface area (Å²) in [7, 11) is 0. The lowest BCUT2D eigenvalue weighted by Crippen LogP contribution is -2.64. The number of rotatable bonds is 4. The molecular weight excluding hydrogens is 241 g/mol. The highest BCUT2D eigenvalue weighted by molar-refractivity contribution is 4.96. The number of nitrogens with one attached hydrogen (secondary N) is 1. The quantitative estimate of drug-likeness (QED) is 0.841. The second-order valence-electron chi connectivity index (χ2n) is 6.05. The Balaban J connectivity index is 2.71. The van der Waals surface area contributed by atoms with Gasteiger partial charge >= 0.3 is 6.18 Å². The van der Waals surface area contributed by atoms with Crippen LogP contribution in [0.3, 0.4) is 0 Å². The largest absolute Gasteiger partial charge is 0.401 e. The van der Waals surface area contributed by atoms with Crippen molar-refractivity contribution in [2.45, 2.75) is 58.3 Å². The van der Waals surface area contributed by atoms with Gasteiger partial charge in [0.15, 0.2) is 0 Å². The van der Waals surface area contributed by atoms with E-state index in [9.17, 15) is 13.2 Å². The van der Waals surface area contributed by atoms with E-state index < -0.39 is 12.7 Å². The van der Waals surface area contributed by atoms with E-state index in [0.717, 1.165) is 12.8 Å². The van der Waals surface area contributed by atoms with E-state index >= 15 is 0 Å². The second kappa shape index (κ2) is 5.78. The average Bonchev–Trinajstić information content (AvgIpc) is 2.20. The number of hydrogen-bond acceptors (Lipinski definition) is 2. The Morgan fingerprint density at radius 2 is 2.00 bits per heavy atom. The zero-order chi connectivity index (χ0) is 14.0. The maximum absolute atomic E-state index is 12.6. The molecule has 1 N–H and O–H groups in total. The Hall–Kier alpha value is -0.290. The minimum absolute atomic E-state index is 0.173. The van der Waals surface area contributed by atoms with Crippen LogP contribution in [0.25, 0.3) is 0 Å². The van der Waals surface area contributed by atoms with Crippen LogP contribution in [-0.4, -0.2) is 42.3 Å². The lowest BCUT2D eigenvalue weighted by Gasteiger charge is -2.48. The third-order valence-corrected chi connectivity index (χ3v) is 3.86. The molecular formula is C13H25F3N2. The first kappa shape index (κ1) is 15.8. The summed E-state index contributed by atoms with van der Waals surface area (Å²) in [4.78, 5) is 1.61. The van der Waals surface area contributed by atoms with E-state index in [1.807, 2.05) is 13.8 Å². The molecule has 1 aliphatic heterocycles. The van der Waals surface area contributed by atoms with E-state index in [1.54, 1.807) is 4.90 Å². The fourth-order valence-electron chi connectivity index (χ4n) is 2.57. The van der Waals surface area contributed by atoms with Gasteiger partial charge < -0.3 is 5.32 Å². The number of halogens is 3. The third kappa shape index (κ3) is 4.43. The Labute approximate surface area is 108 Å². The fourth-order valence-corrected chi connectivity index (χ4v) is 2.57. The molecule has 108 valence electrons. The monoisotopic (exact) mass is 266 g/mol. The maximum atomic E-state index is 12.6. The van der Waals surface area contributed by atoms with Crippen LogP contribution in [0, 0.1) is 5.92 Å². The molecule has 18 heavy (non-hydrogen) atoms. The van der Waals surface area contributed by atoms with E-state index in [2.05, 4.69) is 19.2 Å². The number of nitrogens with zero attached hydrogens (tertiary/aromatic N) is 1.